The largest absolute Gasteiger partial charge is 0.475 e. The van der Waals surface area contributed by atoms with E-state index in [-0.39, 0.29) is 5.82 Å². The predicted molar refractivity (Wildman–Crippen MR) is 59.2 cm³/mol. The van der Waals surface area contributed by atoms with Gasteiger partial charge in [0.2, 0.25) is 5.82 Å². The molecule has 4 heteroatoms. The molecule has 0 fully saturated rings. The van der Waals surface area contributed by atoms with Crippen molar-refractivity contribution in [2.75, 3.05) is 0 Å². The molecular formula is C12H10N2O2. The third kappa shape index (κ3) is 1.91. The molecule has 0 unspecified atom stereocenters. The summed E-state index contributed by atoms with van der Waals surface area (Å²) in [7, 11) is 0. The fraction of sp³-hybridized carbons (Fsp3) is 0.0833. The number of hydrogen-bond donors (Lipinski definition) is 1. The van der Waals surface area contributed by atoms with Gasteiger partial charge in [0, 0.05) is 18.0 Å². The van der Waals surface area contributed by atoms with Crippen molar-refractivity contribution in [3.63, 3.8) is 0 Å². The van der Waals surface area contributed by atoms with Crippen LogP contribution in [0.1, 0.15) is 16.2 Å². The summed E-state index contributed by atoms with van der Waals surface area (Å²) >= 11 is 0. The Balaban J connectivity index is 2.43. The van der Waals surface area contributed by atoms with E-state index in [0.29, 0.717) is 0 Å². The first-order chi connectivity index (χ1) is 7.68. The Labute approximate surface area is 92.6 Å². The number of aryl methyl sites for hydroxylation is 1. The van der Waals surface area contributed by atoms with Gasteiger partial charge in [0.1, 0.15) is 0 Å². The van der Waals surface area contributed by atoms with Crippen LogP contribution in [0.15, 0.2) is 36.7 Å². The van der Waals surface area contributed by atoms with Crippen LogP contribution in [0.2, 0.25) is 0 Å². The molecule has 80 valence electrons. The van der Waals surface area contributed by atoms with Crippen molar-refractivity contribution >= 4 is 5.97 Å². The standard InChI is InChI=1S/C12H10N2O2/c1-8-4-2-3-5-10(8)9-6-13-11(12(15)16)14-7-9/h2-7H,1H3,(H,15,16). The van der Waals surface area contributed by atoms with Crippen LogP contribution in [0.25, 0.3) is 11.1 Å². The molecule has 0 radical (unpaired) electrons. The number of rotatable bonds is 2. The van der Waals surface area contributed by atoms with E-state index in [2.05, 4.69) is 9.97 Å². The number of carboxylic acid groups (broad SMARTS) is 1. The highest BCUT2D eigenvalue weighted by molar-refractivity contribution is 5.83. The lowest BCUT2D eigenvalue weighted by Crippen LogP contribution is -2.03. The number of carbonyl (C=O) groups is 1. The summed E-state index contributed by atoms with van der Waals surface area (Å²) < 4.78 is 0. The van der Waals surface area contributed by atoms with E-state index in [0.717, 1.165) is 16.7 Å². The van der Waals surface area contributed by atoms with Gasteiger partial charge in [0.05, 0.1) is 0 Å². The zero-order valence-electron chi connectivity index (χ0n) is 8.71. The summed E-state index contributed by atoms with van der Waals surface area (Å²) in [6, 6.07) is 7.81. The Morgan fingerprint density at radius 1 is 1.19 bits per heavy atom. The highest BCUT2D eigenvalue weighted by Crippen LogP contribution is 2.21. The summed E-state index contributed by atoms with van der Waals surface area (Å²) in [5.74, 6) is -1.30. The van der Waals surface area contributed by atoms with Crippen molar-refractivity contribution < 1.29 is 9.90 Å². The van der Waals surface area contributed by atoms with Gasteiger partial charge in [0.15, 0.2) is 0 Å². The van der Waals surface area contributed by atoms with Gasteiger partial charge in [-0.15, -0.1) is 0 Å². The Morgan fingerprint density at radius 2 is 1.81 bits per heavy atom. The van der Waals surface area contributed by atoms with Gasteiger partial charge in [-0.3, -0.25) is 0 Å². The van der Waals surface area contributed by atoms with E-state index >= 15 is 0 Å². The Kier molecular flexibility index (Phi) is 2.64. The average Bonchev–Trinajstić information content (AvgIpc) is 2.30. The van der Waals surface area contributed by atoms with Crippen LogP contribution in [-0.2, 0) is 0 Å². The molecule has 1 N–H and O–H groups in total. The van der Waals surface area contributed by atoms with Gasteiger partial charge in [-0.2, -0.15) is 0 Å². The molecule has 1 aromatic heterocycles. The average molecular weight is 214 g/mol. The second-order valence-corrected chi connectivity index (χ2v) is 3.42. The number of hydrogen-bond acceptors (Lipinski definition) is 3. The van der Waals surface area contributed by atoms with Crippen molar-refractivity contribution in [2.45, 2.75) is 6.92 Å². The molecule has 0 bridgehead atoms. The molecule has 0 atom stereocenters. The fourth-order valence-corrected chi connectivity index (χ4v) is 1.47. The maximum atomic E-state index is 10.6. The van der Waals surface area contributed by atoms with Crippen LogP contribution < -0.4 is 0 Å². The summed E-state index contributed by atoms with van der Waals surface area (Å²) in [5.41, 5.74) is 2.94. The smallest absolute Gasteiger partial charge is 0.373 e. The Morgan fingerprint density at radius 3 is 2.38 bits per heavy atom. The zero-order valence-corrected chi connectivity index (χ0v) is 8.71. The molecule has 2 rings (SSSR count). The minimum atomic E-state index is -1.11. The minimum Gasteiger partial charge on any atom is -0.475 e. The molecule has 1 aromatic carbocycles. The first kappa shape index (κ1) is 10.3. The summed E-state index contributed by atoms with van der Waals surface area (Å²) in [6.45, 7) is 1.99. The zero-order chi connectivity index (χ0) is 11.5. The molecular weight excluding hydrogens is 204 g/mol. The van der Waals surface area contributed by atoms with E-state index in [9.17, 15) is 4.79 Å². The highest BCUT2D eigenvalue weighted by atomic mass is 16.4. The molecule has 16 heavy (non-hydrogen) atoms. The van der Waals surface area contributed by atoms with Crippen LogP contribution in [-0.4, -0.2) is 21.0 Å². The fourth-order valence-electron chi connectivity index (χ4n) is 1.47. The lowest BCUT2D eigenvalue weighted by molar-refractivity contribution is 0.0683. The van der Waals surface area contributed by atoms with Crippen LogP contribution in [0.4, 0.5) is 0 Å². The summed E-state index contributed by atoms with van der Waals surface area (Å²) in [4.78, 5) is 18.2. The maximum absolute atomic E-state index is 10.6. The van der Waals surface area contributed by atoms with Crippen molar-refractivity contribution in [1.82, 2.24) is 9.97 Å². The van der Waals surface area contributed by atoms with Gasteiger partial charge >= 0.3 is 5.97 Å². The van der Waals surface area contributed by atoms with Gasteiger partial charge in [-0.25, -0.2) is 14.8 Å². The third-order valence-corrected chi connectivity index (χ3v) is 2.30. The molecule has 0 saturated heterocycles. The monoisotopic (exact) mass is 214 g/mol. The van der Waals surface area contributed by atoms with Crippen LogP contribution in [0, 0.1) is 6.92 Å². The van der Waals surface area contributed by atoms with Gasteiger partial charge in [-0.05, 0) is 18.1 Å². The minimum absolute atomic E-state index is 0.183. The number of carboxylic acids is 1. The third-order valence-electron chi connectivity index (χ3n) is 2.30. The predicted octanol–water partition coefficient (Wildman–Crippen LogP) is 2.15. The SMILES string of the molecule is Cc1ccccc1-c1cnc(C(=O)O)nc1. The number of benzene rings is 1. The second kappa shape index (κ2) is 4.10. The van der Waals surface area contributed by atoms with E-state index < -0.39 is 5.97 Å². The van der Waals surface area contributed by atoms with Crippen LogP contribution >= 0.6 is 0 Å². The summed E-state index contributed by atoms with van der Waals surface area (Å²) in [6.07, 6.45) is 3.05. The van der Waals surface area contributed by atoms with Gasteiger partial charge in [0.25, 0.3) is 0 Å². The molecule has 0 amide bonds. The van der Waals surface area contributed by atoms with Crippen molar-refractivity contribution in [2.24, 2.45) is 0 Å². The number of aromatic nitrogens is 2. The Hall–Kier alpha value is -2.23. The highest BCUT2D eigenvalue weighted by Gasteiger charge is 2.07. The topological polar surface area (TPSA) is 63.1 Å². The van der Waals surface area contributed by atoms with Crippen molar-refractivity contribution in [3.05, 3.63) is 48.0 Å². The van der Waals surface area contributed by atoms with E-state index in [1.807, 2.05) is 31.2 Å². The number of nitrogens with zero attached hydrogens (tertiary/aromatic N) is 2. The molecule has 0 saturated carbocycles. The quantitative estimate of drug-likeness (QED) is 0.831. The summed E-state index contributed by atoms with van der Waals surface area (Å²) in [5, 5.41) is 8.68. The van der Waals surface area contributed by atoms with Crippen molar-refractivity contribution in [1.29, 1.82) is 0 Å². The van der Waals surface area contributed by atoms with Crippen LogP contribution in [0.3, 0.4) is 0 Å². The van der Waals surface area contributed by atoms with Gasteiger partial charge < -0.3 is 5.11 Å². The van der Waals surface area contributed by atoms with E-state index in [4.69, 9.17) is 5.11 Å². The molecule has 2 aromatic rings. The Bertz CT molecular complexity index is 521. The lowest BCUT2D eigenvalue weighted by atomic mass is 10.0. The van der Waals surface area contributed by atoms with Crippen molar-refractivity contribution in [3.8, 4) is 11.1 Å². The molecule has 0 aliphatic heterocycles. The molecule has 0 aliphatic rings. The molecule has 4 nitrogen and oxygen atoms in total. The van der Waals surface area contributed by atoms with Crippen LogP contribution in [0.5, 0.6) is 0 Å². The van der Waals surface area contributed by atoms with E-state index in [1.165, 1.54) is 12.4 Å². The normalized spacial score (nSPS) is 10.1. The van der Waals surface area contributed by atoms with E-state index in [1.54, 1.807) is 0 Å². The molecule has 0 aliphatic carbocycles. The number of aromatic carboxylic acids is 1. The molecule has 1 heterocycles. The lowest BCUT2D eigenvalue weighted by Gasteiger charge is -2.04. The maximum Gasteiger partial charge on any atom is 0.373 e. The second-order valence-electron chi connectivity index (χ2n) is 3.42. The van der Waals surface area contributed by atoms with Gasteiger partial charge in [-0.1, -0.05) is 24.3 Å². The molecule has 0 spiro atoms. The first-order valence-electron chi connectivity index (χ1n) is 4.80. The first-order valence-corrected chi connectivity index (χ1v) is 4.80.